The maximum Gasteiger partial charge on any atom is 0.271 e. The van der Waals surface area contributed by atoms with E-state index in [1.54, 1.807) is 18.2 Å². The van der Waals surface area contributed by atoms with Gasteiger partial charge in [-0.3, -0.25) is 4.72 Å². The van der Waals surface area contributed by atoms with Gasteiger partial charge < -0.3 is 4.57 Å². The molecule has 0 saturated carbocycles. The number of para-hydroxylation sites is 1. The van der Waals surface area contributed by atoms with Crippen molar-refractivity contribution in [2.75, 3.05) is 4.72 Å². The van der Waals surface area contributed by atoms with Crippen LogP contribution >= 0.6 is 22.9 Å². The SMILES string of the molecule is O=S(=O)(Nc1ccccc1-c1cn2c(n1)CCCC2)c1ccc(Cl)s1. The normalized spacial score (nSPS) is 14.3. The van der Waals surface area contributed by atoms with Gasteiger partial charge in [-0.2, -0.15) is 0 Å². The fourth-order valence-corrected chi connectivity index (χ4v) is 5.54. The first-order valence-electron chi connectivity index (χ1n) is 7.96. The monoisotopic (exact) mass is 393 g/mol. The van der Waals surface area contributed by atoms with E-state index in [1.807, 2.05) is 18.3 Å². The maximum atomic E-state index is 12.6. The molecule has 1 N–H and O–H groups in total. The minimum Gasteiger partial charge on any atom is -0.334 e. The Morgan fingerprint density at radius 1 is 1.16 bits per heavy atom. The van der Waals surface area contributed by atoms with Crippen molar-refractivity contribution >= 4 is 38.6 Å². The summed E-state index contributed by atoms with van der Waals surface area (Å²) in [5.41, 5.74) is 2.08. The molecular formula is C17H16ClN3O2S2. The number of imidazole rings is 1. The highest BCUT2D eigenvalue weighted by atomic mass is 35.5. The third-order valence-corrected chi connectivity index (χ3v) is 7.26. The lowest BCUT2D eigenvalue weighted by molar-refractivity contribution is 0.522. The second-order valence-corrected chi connectivity index (χ2v) is 9.53. The molecule has 0 atom stereocenters. The number of thiophene rings is 1. The molecule has 0 saturated heterocycles. The summed E-state index contributed by atoms with van der Waals surface area (Å²) in [4.78, 5) is 4.70. The number of aromatic nitrogens is 2. The van der Waals surface area contributed by atoms with Gasteiger partial charge in [0.05, 0.1) is 15.7 Å². The van der Waals surface area contributed by atoms with Crippen molar-refractivity contribution in [2.24, 2.45) is 0 Å². The van der Waals surface area contributed by atoms with Gasteiger partial charge in [0.25, 0.3) is 10.0 Å². The zero-order chi connectivity index (χ0) is 17.4. The standard InChI is InChI=1S/C17H16ClN3O2S2/c18-15-8-9-17(24-15)25(22,23)20-13-6-2-1-5-12(13)14-11-21-10-4-3-7-16(21)19-14/h1-2,5-6,8-9,11,20H,3-4,7,10H2. The number of fused-ring (bicyclic) bond motifs is 1. The topological polar surface area (TPSA) is 64.0 Å². The molecule has 1 aliphatic heterocycles. The van der Waals surface area contributed by atoms with E-state index in [9.17, 15) is 8.42 Å². The lowest BCUT2D eigenvalue weighted by atomic mass is 10.1. The average Bonchev–Trinajstić information content (AvgIpc) is 3.21. The van der Waals surface area contributed by atoms with Crippen LogP contribution in [0.3, 0.4) is 0 Å². The van der Waals surface area contributed by atoms with Crippen molar-refractivity contribution < 1.29 is 8.42 Å². The predicted octanol–water partition coefficient (Wildman–Crippen LogP) is 4.40. The molecule has 0 bridgehead atoms. The van der Waals surface area contributed by atoms with E-state index in [1.165, 1.54) is 6.07 Å². The second-order valence-electron chi connectivity index (χ2n) is 5.90. The van der Waals surface area contributed by atoms with E-state index < -0.39 is 10.0 Å². The van der Waals surface area contributed by atoms with Crippen LogP contribution in [-0.2, 0) is 23.0 Å². The number of sulfonamides is 1. The smallest absolute Gasteiger partial charge is 0.271 e. The van der Waals surface area contributed by atoms with Crippen LogP contribution in [0.2, 0.25) is 4.34 Å². The number of nitrogens with one attached hydrogen (secondary N) is 1. The lowest BCUT2D eigenvalue weighted by Gasteiger charge is -2.11. The number of nitrogens with zero attached hydrogens (tertiary/aromatic N) is 2. The molecule has 0 amide bonds. The Balaban J connectivity index is 1.71. The Kier molecular flexibility index (Phi) is 4.31. The molecule has 25 heavy (non-hydrogen) atoms. The van der Waals surface area contributed by atoms with Crippen LogP contribution in [-0.4, -0.2) is 18.0 Å². The Bertz CT molecular complexity index is 1000. The summed E-state index contributed by atoms with van der Waals surface area (Å²) < 4.78 is 30.7. The van der Waals surface area contributed by atoms with Gasteiger partial charge >= 0.3 is 0 Å². The van der Waals surface area contributed by atoms with Crippen LogP contribution in [0.4, 0.5) is 5.69 Å². The molecule has 130 valence electrons. The largest absolute Gasteiger partial charge is 0.334 e. The number of benzene rings is 1. The van der Waals surface area contributed by atoms with E-state index in [0.29, 0.717) is 10.0 Å². The van der Waals surface area contributed by atoms with Crippen LogP contribution < -0.4 is 4.72 Å². The zero-order valence-corrected chi connectivity index (χ0v) is 15.7. The summed E-state index contributed by atoms with van der Waals surface area (Å²) in [7, 11) is -3.68. The summed E-state index contributed by atoms with van der Waals surface area (Å²) in [6.07, 6.45) is 5.26. The Labute approximate surface area is 155 Å². The Morgan fingerprint density at radius 3 is 2.76 bits per heavy atom. The van der Waals surface area contributed by atoms with Crippen molar-refractivity contribution in [1.29, 1.82) is 0 Å². The second kappa shape index (κ2) is 6.48. The van der Waals surface area contributed by atoms with E-state index >= 15 is 0 Å². The highest BCUT2D eigenvalue weighted by Gasteiger charge is 2.20. The van der Waals surface area contributed by atoms with Crippen molar-refractivity contribution in [3.63, 3.8) is 0 Å². The van der Waals surface area contributed by atoms with Crippen molar-refractivity contribution in [2.45, 2.75) is 30.0 Å². The van der Waals surface area contributed by atoms with Crippen LogP contribution in [0.1, 0.15) is 18.7 Å². The minimum atomic E-state index is -3.68. The van der Waals surface area contributed by atoms with Gasteiger partial charge in [0.15, 0.2) is 0 Å². The number of anilines is 1. The molecule has 4 rings (SSSR count). The number of hydrogen-bond acceptors (Lipinski definition) is 4. The van der Waals surface area contributed by atoms with Gasteiger partial charge in [0.2, 0.25) is 0 Å². The molecule has 1 aromatic carbocycles. The zero-order valence-electron chi connectivity index (χ0n) is 13.3. The number of aryl methyl sites for hydroxylation is 2. The van der Waals surface area contributed by atoms with Crippen LogP contribution in [0.15, 0.2) is 46.8 Å². The average molecular weight is 394 g/mol. The van der Waals surface area contributed by atoms with Gasteiger partial charge in [-0.15, -0.1) is 11.3 Å². The third-order valence-electron chi connectivity index (χ3n) is 4.17. The molecule has 5 nitrogen and oxygen atoms in total. The van der Waals surface area contributed by atoms with Gasteiger partial charge in [-0.05, 0) is 31.0 Å². The van der Waals surface area contributed by atoms with E-state index in [0.717, 1.165) is 54.2 Å². The number of hydrogen-bond donors (Lipinski definition) is 1. The molecule has 1 aliphatic rings. The van der Waals surface area contributed by atoms with Crippen LogP contribution in [0.25, 0.3) is 11.3 Å². The molecule has 8 heteroatoms. The first-order valence-corrected chi connectivity index (χ1v) is 10.6. The van der Waals surface area contributed by atoms with Crippen molar-refractivity contribution in [1.82, 2.24) is 9.55 Å². The fraction of sp³-hybridized carbons (Fsp3) is 0.235. The molecule has 0 unspecified atom stereocenters. The van der Waals surface area contributed by atoms with Crippen molar-refractivity contribution in [3.8, 4) is 11.3 Å². The number of halogens is 1. The molecule has 3 heterocycles. The molecule has 0 spiro atoms. The van der Waals surface area contributed by atoms with Gasteiger partial charge in [0.1, 0.15) is 10.0 Å². The molecule has 0 fully saturated rings. The number of rotatable bonds is 4. The van der Waals surface area contributed by atoms with Gasteiger partial charge in [-0.25, -0.2) is 13.4 Å². The first-order chi connectivity index (χ1) is 12.0. The molecular weight excluding hydrogens is 378 g/mol. The minimum absolute atomic E-state index is 0.191. The van der Waals surface area contributed by atoms with Crippen LogP contribution in [0, 0.1) is 0 Å². The summed E-state index contributed by atoms with van der Waals surface area (Å²) in [6, 6.07) is 10.4. The van der Waals surface area contributed by atoms with E-state index in [2.05, 4.69) is 9.29 Å². The predicted molar refractivity (Wildman–Crippen MR) is 101 cm³/mol. The molecule has 2 aromatic heterocycles. The highest BCUT2D eigenvalue weighted by Crippen LogP contribution is 2.32. The Morgan fingerprint density at radius 2 is 2.00 bits per heavy atom. The molecule has 3 aromatic rings. The van der Waals surface area contributed by atoms with Gasteiger partial charge in [0, 0.05) is 24.7 Å². The quantitative estimate of drug-likeness (QED) is 0.714. The summed E-state index contributed by atoms with van der Waals surface area (Å²) in [5, 5.41) is 0. The van der Waals surface area contributed by atoms with Crippen molar-refractivity contribution in [3.05, 3.63) is 52.8 Å². The lowest BCUT2D eigenvalue weighted by Crippen LogP contribution is -2.12. The fourth-order valence-electron chi connectivity index (χ4n) is 2.98. The maximum absolute atomic E-state index is 12.6. The third kappa shape index (κ3) is 3.31. The summed E-state index contributed by atoms with van der Waals surface area (Å²) in [5.74, 6) is 1.06. The summed E-state index contributed by atoms with van der Waals surface area (Å²) in [6.45, 7) is 0.962. The van der Waals surface area contributed by atoms with Crippen LogP contribution in [0.5, 0.6) is 0 Å². The first kappa shape index (κ1) is 16.6. The Hall–Kier alpha value is -1.83. The highest BCUT2D eigenvalue weighted by molar-refractivity contribution is 7.94. The summed E-state index contributed by atoms with van der Waals surface area (Å²) >= 11 is 6.90. The molecule has 0 radical (unpaired) electrons. The van der Waals surface area contributed by atoms with E-state index in [-0.39, 0.29) is 4.21 Å². The molecule has 0 aliphatic carbocycles. The van der Waals surface area contributed by atoms with E-state index in [4.69, 9.17) is 16.6 Å². The van der Waals surface area contributed by atoms with Gasteiger partial charge in [-0.1, -0.05) is 29.8 Å².